The van der Waals surface area contributed by atoms with Gasteiger partial charge in [0.15, 0.2) is 10.6 Å². The molecular formula is C23H27N3O3S. The second-order valence-corrected chi connectivity index (χ2v) is 8.82. The zero-order valence-corrected chi connectivity index (χ0v) is 19.3. The first-order chi connectivity index (χ1) is 14.1. The van der Waals surface area contributed by atoms with Gasteiger partial charge in [-0.25, -0.2) is 9.79 Å². The largest absolute Gasteiger partial charge is 0.612 e. The standard InChI is InChI=1S/C23H27N3O3S/c1-14-10-15(2)22(16(3)11-14)24-21-13-18(25(4)23(27)26(21)5)17-8-9-19(29-6)20(12-17)30(7)28/h8-13H,1-7H3/b24-21-. The summed E-state index contributed by atoms with van der Waals surface area (Å²) in [6.07, 6.45) is 1.61. The molecule has 0 aliphatic heterocycles. The Balaban J connectivity index is 2.29. The molecule has 30 heavy (non-hydrogen) atoms. The Morgan fingerprint density at radius 2 is 1.63 bits per heavy atom. The lowest BCUT2D eigenvalue weighted by Crippen LogP contribution is -2.37. The van der Waals surface area contributed by atoms with Crippen LogP contribution in [-0.4, -0.2) is 27.1 Å². The molecule has 3 rings (SSSR count). The van der Waals surface area contributed by atoms with Gasteiger partial charge in [-0.2, -0.15) is 0 Å². The van der Waals surface area contributed by atoms with E-state index < -0.39 is 11.2 Å². The van der Waals surface area contributed by atoms with Gasteiger partial charge < -0.3 is 9.29 Å². The van der Waals surface area contributed by atoms with Crippen LogP contribution in [-0.2, 0) is 25.3 Å². The number of benzene rings is 2. The number of rotatable bonds is 4. The molecule has 0 radical (unpaired) electrons. The molecule has 1 heterocycles. The maximum Gasteiger partial charge on any atom is 0.329 e. The summed E-state index contributed by atoms with van der Waals surface area (Å²) in [6, 6.07) is 11.5. The van der Waals surface area contributed by atoms with Crippen LogP contribution in [0.25, 0.3) is 11.3 Å². The van der Waals surface area contributed by atoms with E-state index in [0.29, 0.717) is 21.8 Å². The lowest BCUT2D eigenvalue weighted by Gasteiger charge is -2.14. The van der Waals surface area contributed by atoms with Gasteiger partial charge in [-0.15, -0.1) is 0 Å². The Hall–Kier alpha value is -2.77. The predicted molar refractivity (Wildman–Crippen MR) is 121 cm³/mol. The minimum Gasteiger partial charge on any atom is -0.612 e. The van der Waals surface area contributed by atoms with Crippen molar-refractivity contribution in [1.29, 1.82) is 0 Å². The van der Waals surface area contributed by atoms with Gasteiger partial charge in [0, 0.05) is 31.8 Å². The molecule has 1 atom stereocenters. The number of aryl methyl sites for hydroxylation is 3. The highest BCUT2D eigenvalue weighted by Crippen LogP contribution is 2.29. The van der Waals surface area contributed by atoms with Crippen molar-refractivity contribution in [2.24, 2.45) is 19.1 Å². The van der Waals surface area contributed by atoms with E-state index in [1.165, 1.54) is 10.1 Å². The Morgan fingerprint density at radius 1 is 1.00 bits per heavy atom. The molecule has 0 spiro atoms. The fraction of sp³-hybridized carbons (Fsp3) is 0.304. The van der Waals surface area contributed by atoms with E-state index in [-0.39, 0.29) is 5.69 Å². The van der Waals surface area contributed by atoms with Crippen molar-refractivity contribution < 1.29 is 9.29 Å². The molecule has 0 saturated heterocycles. The summed E-state index contributed by atoms with van der Waals surface area (Å²) in [6.45, 7) is 6.10. The summed E-state index contributed by atoms with van der Waals surface area (Å²) in [5.74, 6) is 0.557. The highest BCUT2D eigenvalue weighted by Gasteiger charge is 2.16. The van der Waals surface area contributed by atoms with Crippen molar-refractivity contribution in [3.05, 3.63) is 69.1 Å². The number of hydrogen-bond acceptors (Lipinski definition) is 4. The maximum absolute atomic E-state index is 12.9. The van der Waals surface area contributed by atoms with Crippen molar-refractivity contribution in [2.45, 2.75) is 25.7 Å². The molecule has 6 nitrogen and oxygen atoms in total. The number of methoxy groups -OCH3 is 1. The SMILES string of the molecule is COc1ccc(-c2c/c(=N/c3c(C)cc(C)cc3C)n(C)c(=O)n2C)cc1[S+](C)[O-]. The molecule has 3 aromatic rings. The smallest absolute Gasteiger partial charge is 0.329 e. The van der Waals surface area contributed by atoms with Gasteiger partial charge in [0.2, 0.25) is 0 Å². The molecule has 0 aliphatic rings. The molecule has 158 valence electrons. The zero-order valence-electron chi connectivity index (χ0n) is 18.4. The van der Waals surface area contributed by atoms with Crippen LogP contribution in [0, 0.1) is 20.8 Å². The van der Waals surface area contributed by atoms with Gasteiger partial charge in [-0.05, 0) is 55.2 Å². The fourth-order valence-electron chi connectivity index (χ4n) is 3.65. The second kappa shape index (κ2) is 8.53. The summed E-state index contributed by atoms with van der Waals surface area (Å²) in [5, 5.41) is 0. The molecule has 2 aromatic carbocycles. The van der Waals surface area contributed by atoms with Crippen molar-refractivity contribution in [1.82, 2.24) is 9.13 Å². The number of nitrogens with zero attached hydrogens (tertiary/aromatic N) is 3. The van der Waals surface area contributed by atoms with Gasteiger partial charge in [-0.3, -0.25) is 9.13 Å². The molecule has 0 amide bonds. The Kier molecular flexibility index (Phi) is 6.24. The molecule has 0 bridgehead atoms. The van der Waals surface area contributed by atoms with Crippen LogP contribution < -0.4 is 15.9 Å². The number of aromatic nitrogens is 2. The average Bonchev–Trinajstić information content (AvgIpc) is 2.69. The Labute approximate surface area is 179 Å². The van der Waals surface area contributed by atoms with Gasteiger partial charge in [0.1, 0.15) is 11.7 Å². The highest BCUT2D eigenvalue weighted by atomic mass is 32.2. The van der Waals surface area contributed by atoms with Crippen molar-refractivity contribution in [2.75, 3.05) is 13.4 Å². The summed E-state index contributed by atoms with van der Waals surface area (Å²) in [4.78, 5) is 18.3. The van der Waals surface area contributed by atoms with Gasteiger partial charge in [0.25, 0.3) is 0 Å². The third-order valence-electron chi connectivity index (χ3n) is 5.18. The van der Waals surface area contributed by atoms with Crippen LogP contribution in [0.1, 0.15) is 16.7 Å². The molecule has 1 aromatic heterocycles. The van der Waals surface area contributed by atoms with Crippen LogP contribution >= 0.6 is 0 Å². The van der Waals surface area contributed by atoms with Crippen LogP contribution in [0.5, 0.6) is 5.75 Å². The fourth-order valence-corrected chi connectivity index (χ4v) is 4.38. The number of hydrogen-bond donors (Lipinski definition) is 0. The zero-order chi connectivity index (χ0) is 22.2. The molecule has 0 saturated carbocycles. The van der Waals surface area contributed by atoms with Crippen LogP contribution in [0.4, 0.5) is 5.69 Å². The van der Waals surface area contributed by atoms with E-state index in [9.17, 15) is 9.35 Å². The third kappa shape index (κ3) is 4.08. The molecule has 0 N–H and O–H groups in total. The number of ether oxygens (including phenoxy) is 1. The highest BCUT2D eigenvalue weighted by molar-refractivity contribution is 7.90. The summed E-state index contributed by atoms with van der Waals surface area (Å²) < 4.78 is 20.6. The molecule has 7 heteroatoms. The average molecular weight is 426 g/mol. The summed E-state index contributed by atoms with van der Waals surface area (Å²) in [5.41, 5.74) is 5.98. The van der Waals surface area contributed by atoms with E-state index >= 15 is 0 Å². The second-order valence-electron chi connectivity index (χ2n) is 7.47. The predicted octanol–water partition coefficient (Wildman–Crippen LogP) is 3.29. The van der Waals surface area contributed by atoms with Crippen molar-refractivity contribution in [3.8, 4) is 17.0 Å². The molecular weight excluding hydrogens is 398 g/mol. The summed E-state index contributed by atoms with van der Waals surface area (Å²) in [7, 11) is 4.98. The van der Waals surface area contributed by atoms with Crippen LogP contribution in [0.2, 0.25) is 0 Å². The van der Waals surface area contributed by atoms with E-state index in [0.717, 1.165) is 22.4 Å². The topological polar surface area (TPSA) is 71.6 Å². The first-order valence-electron chi connectivity index (χ1n) is 9.55. The Bertz CT molecular complexity index is 1220. The van der Waals surface area contributed by atoms with Crippen molar-refractivity contribution >= 4 is 16.9 Å². The van der Waals surface area contributed by atoms with Crippen LogP contribution in [0.15, 0.2) is 51.1 Å². The van der Waals surface area contributed by atoms with E-state index in [4.69, 9.17) is 9.73 Å². The molecule has 0 fully saturated rings. The van der Waals surface area contributed by atoms with E-state index in [2.05, 4.69) is 19.1 Å². The van der Waals surface area contributed by atoms with Gasteiger partial charge in [0.05, 0.1) is 18.5 Å². The minimum atomic E-state index is -1.23. The molecule has 1 unspecified atom stereocenters. The minimum absolute atomic E-state index is 0.191. The maximum atomic E-state index is 12.9. The summed E-state index contributed by atoms with van der Waals surface area (Å²) >= 11 is -1.23. The first-order valence-corrected chi connectivity index (χ1v) is 11.1. The third-order valence-corrected chi connectivity index (χ3v) is 6.11. The van der Waals surface area contributed by atoms with E-state index in [1.54, 1.807) is 44.2 Å². The quantitative estimate of drug-likeness (QED) is 0.602. The van der Waals surface area contributed by atoms with Crippen molar-refractivity contribution in [3.63, 3.8) is 0 Å². The van der Waals surface area contributed by atoms with Gasteiger partial charge >= 0.3 is 5.69 Å². The first kappa shape index (κ1) is 21.9. The van der Waals surface area contributed by atoms with E-state index in [1.807, 2.05) is 26.0 Å². The van der Waals surface area contributed by atoms with Crippen LogP contribution in [0.3, 0.4) is 0 Å². The lowest BCUT2D eigenvalue weighted by molar-refractivity contribution is 0.403. The normalized spacial score (nSPS) is 12.9. The lowest BCUT2D eigenvalue weighted by atomic mass is 10.1. The van der Waals surface area contributed by atoms with Gasteiger partial charge in [-0.1, -0.05) is 17.7 Å². The Morgan fingerprint density at radius 3 is 2.20 bits per heavy atom. The monoisotopic (exact) mass is 425 g/mol. The molecule has 0 aliphatic carbocycles.